The highest BCUT2D eigenvalue weighted by atomic mass is 35.5. The van der Waals surface area contributed by atoms with Crippen molar-refractivity contribution in [2.24, 2.45) is 0 Å². The van der Waals surface area contributed by atoms with Crippen LogP contribution in [0.15, 0.2) is 18.2 Å². The summed E-state index contributed by atoms with van der Waals surface area (Å²) in [7, 11) is -3.52. The summed E-state index contributed by atoms with van der Waals surface area (Å²) < 4.78 is 25.9. The number of nitrogens with zero attached hydrogens (tertiary/aromatic N) is 1. The van der Waals surface area contributed by atoms with Gasteiger partial charge in [-0.15, -0.1) is 0 Å². The first-order valence-electron chi connectivity index (χ1n) is 6.19. The Morgan fingerprint density at radius 1 is 1.25 bits per heavy atom. The molecule has 0 fully saturated rings. The van der Waals surface area contributed by atoms with E-state index in [-0.39, 0.29) is 12.3 Å². The average molecular weight is 340 g/mol. The second-order valence-corrected chi connectivity index (χ2v) is 8.03. The average Bonchev–Trinajstić information content (AvgIpc) is 2.29. The lowest BCUT2D eigenvalue weighted by Gasteiger charge is -2.27. The molecule has 0 saturated heterocycles. The van der Waals surface area contributed by atoms with Crippen molar-refractivity contribution in [3.05, 3.63) is 33.8 Å². The quantitative estimate of drug-likeness (QED) is 0.866. The number of hydrogen-bond donors (Lipinski definition) is 1. The van der Waals surface area contributed by atoms with E-state index in [4.69, 9.17) is 23.2 Å². The first kappa shape index (κ1) is 17.7. The number of rotatable bonds is 6. The minimum Gasteiger partial charge on any atom is -0.389 e. The fourth-order valence-electron chi connectivity index (χ4n) is 1.77. The first-order chi connectivity index (χ1) is 9.05. The number of likely N-dealkylation sites (N-methyl/N-ethyl adjacent to an activating group) is 1. The van der Waals surface area contributed by atoms with Crippen molar-refractivity contribution >= 4 is 33.2 Å². The van der Waals surface area contributed by atoms with Gasteiger partial charge in [-0.05, 0) is 31.5 Å². The van der Waals surface area contributed by atoms with Gasteiger partial charge in [-0.3, -0.25) is 0 Å². The maximum Gasteiger partial charge on any atom is 0.218 e. The van der Waals surface area contributed by atoms with E-state index >= 15 is 0 Å². The van der Waals surface area contributed by atoms with Gasteiger partial charge in [0.2, 0.25) is 10.0 Å². The molecule has 1 rings (SSSR count). The molecule has 4 nitrogen and oxygen atoms in total. The summed E-state index contributed by atoms with van der Waals surface area (Å²) in [6.45, 7) is 5.23. The molecule has 20 heavy (non-hydrogen) atoms. The van der Waals surface area contributed by atoms with Crippen molar-refractivity contribution in [2.75, 3.05) is 13.1 Å². The van der Waals surface area contributed by atoms with Crippen LogP contribution in [-0.2, 0) is 15.8 Å². The largest absolute Gasteiger partial charge is 0.389 e. The topological polar surface area (TPSA) is 57.6 Å². The zero-order valence-electron chi connectivity index (χ0n) is 11.7. The summed E-state index contributed by atoms with van der Waals surface area (Å²) in [5.74, 6) is -0.173. The lowest BCUT2D eigenvalue weighted by Crippen LogP contribution is -2.42. The fraction of sp³-hybridized carbons (Fsp3) is 0.538. The number of sulfonamides is 1. The summed E-state index contributed by atoms with van der Waals surface area (Å²) in [6, 6.07) is 4.74. The van der Waals surface area contributed by atoms with E-state index in [9.17, 15) is 13.5 Å². The summed E-state index contributed by atoms with van der Waals surface area (Å²) in [4.78, 5) is 0. The highest BCUT2D eigenvalue weighted by molar-refractivity contribution is 7.88. The Kier molecular flexibility index (Phi) is 5.87. The van der Waals surface area contributed by atoms with Gasteiger partial charge in [-0.2, -0.15) is 4.31 Å². The minimum absolute atomic E-state index is 0.0488. The third kappa shape index (κ3) is 5.22. The van der Waals surface area contributed by atoms with Crippen LogP contribution in [0, 0.1) is 0 Å². The lowest BCUT2D eigenvalue weighted by atomic mass is 10.1. The van der Waals surface area contributed by atoms with E-state index in [1.165, 1.54) is 4.31 Å². The number of halogens is 2. The van der Waals surface area contributed by atoms with Crippen LogP contribution in [0.3, 0.4) is 0 Å². The Morgan fingerprint density at radius 3 is 2.30 bits per heavy atom. The smallest absolute Gasteiger partial charge is 0.218 e. The molecule has 0 amide bonds. The van der Waals surface area contributed by atoms with Gasteiger partial charge in [-0.25, -0.2) is 8.42 Å². The number of hydrogen-bond acceptors (Lipinski definition) is 3. The van der Waals surface area contributed by atoms with E-state index in [0.717, 1.165) is 0 Å². The fourth-order valence-corrected chi connectivity index (χ4v) is 3.78. The summed E-state index contributed by atoms with van der Waals surface area (Å²) in [5.41, 5.74) is -0.519. The molecule has 1 N–H and O–H groups in total. The molecule has 0 unspecified atom stereocenters. The van der Waals surface area contributed by atoms with Crippen molar-refractivity contribution in [2.45, 2.75) is 32.1 Å². The van der Waals surface area contributed by atoms with E-state index in [2.05, 4.69) is 0 Å². The van der Waals surface area contributed by atoms with Gasteiger partial charge in [0, 0.05) is 13.1 Å². The van der Waals surface area contributed by atoms with Gasteiger partial charge in [0.05, 0.1) is 21.4 Å². The molecular weight excluding hydrogens is 321 g/mol. The molecule has 0 heterocycles. The zero-order valence-corrected chi connectivity index (χ0v) is 14.1. The van der Waals surface area contributed by atoms with Gasteiger partial charge in [0.25, 0.3) is 0 Å². The van der Waals surface area contributed by atoms with Crippen LogP contribution in [0.1, 0.15) is 26.3 Å². The van der Waals surface area contributed by atoms with Gasteiger partial charge in [-0.1, -0.05) is 36.2 Å². The normalized spacial score (nSPS) is 12.9. The third-order valence-electron chi connectivity index (χ3n) is 2.64. The second-order valence-electron chi connectivity index (χ2n) is 5.24. The lowest BCUT2D eigenvalue weighted by molar-refractivity contribution is 0.0601. The first-order valence-corrected chi connectivity index (χ1v) is 8.56. The molecule has 0 saturated carbocycles. The molecule has 0 atom stereocenters. The Bertz CT molecular complexity index is 567. The van der Waals surface area contributed by atoms with Crippen LogP contribution in [0.4, 0.5) is 0 Å². The van der Waals surface area contributed by atoms with Gasteiger partial charge < -0.3 is 5.11 Å². The minimum atomic E-state index is -3.52. The van der Waals surface area contributed by atoms with Crippen LogP contribution < -0.4 is 0 Å². The maximum absolute atomic E-state index is 12.3. The van der Waals surface area contributed by atoms with E-state index in [0.29, 0.717) is 22.2 Å². The second kappa shape index (κ2) is 6.62. The molecule has 0 aliphatic rings. The van der Waals surface area contributed by atoms with Crippen molar-refractivity contribution in [1.82, 2.24) is 4.31 Å². The maximum atomic E-state index is 12.3. The Balaban J connectivity index is 2.95. The molecule has 0 radical (unpaired) electrons. The molecule has 7 heteroatoms. The highest BCUT2D eigenvalue weighted by Gasteiger charge is 2.27. The monoisotopic (exact) mass is 339 g/mol. The Labute approximate surface area is 130 Å². The summed E-state index contributed by atoms with van der Waals surface area (Å²) in [5, 5.41) is 10.5. The van der Waals surface area contributed by atoms with Crippen LogP contribution in [0.25, 0.3) is 0 Å². The predicted molar refractivity (Wildman–Crippen MR) is 82.6 cm³/mol. The van der Waals surface area contributed by atoms with Crippen molar-refractivity contribution < 1.29 is 13.5 Å². The third-order valence-corrected chi connectivity index (χ3v) is 5.25. The summed E-state index contributed by atoms with van der Waals surface area (Å²) in [6.07, 6.45) is 0. The van der Waals surface area contributed by atoms with Crippen molar-refractivity contribution in [3.63, 3.8) is 0 Å². The summed E-state index contributed by atoms with van der Waals surface area (Å²) >= 11 is 11.7. The molecule has 0 aliphatic carbocycles. The van der Waals surface area contributed by atoms with Crippen LogP contribution in [-0.4, -0.2) is 36.5 Å². The Morgan fingerprint density at radius 2 is 1.85 bits per heavy atom. The van der Waals surface area contributed by atoms with Crippen LogP contribution in [0.5, 0.6) is 0 Å². The van der Waals surface area contributed by atoms with Gasteiger partial charge >= 0.3 is 0 Å². The molecule has 114 valence electrons. The highest BCUT2D eigenvalue weighted by Crippen LogP contribution is 2.24. The molecular formula is C13H19Cl2NO3S. The SMILES string of the molecule is CCN(CC(C)(C)O)S(=O)(=O)Cc1ccc(Cl)c(Cl)c1. The zero-order chi connectivity index (χ0) is 15.6. The molecule has 0 aliphatic heterocycles. The molecule has 1 aromatic rings. The van der Waals surface area contributed by atoms with Crippen molar-refractivity contribution in [3.8, 4) is 0 Å². The molecule has 0 bridgehead atoms. The molecule has 0 spiro atoms. The number of aliphatic hydroxyl groups is 1. The van der Waals surface area contributed by atoms with Crippen LogP contribution in [0.2, 0.25) is 10.0 Å². The van der Waals surface area contributed by atoms with Crippen molar-refractivity contribution in [1.29, 1.82) is 0 Å². The van der Waals surface area contributed by atoms with Gasteiger partial charge in [0.1, 0.15) is 0 Å². The van der Waals surface area contributed by atoms with E-state index in [1.807, 2.05) is 0 Å². The number of benzene rings is 1. The Hall–Kier alpha value is -0.330. The molecule has 0 aromatic heterocycles. The van der Waals surface area contributed by atoms with E-state index in [1.54, 1.807) is 39.0 Å². The van der Waals surface area contributed by atoms with E-state index < -0.39 is 15.6 Å². The predicted octanol–water partition coefficient (Wildman–Crippen LogP) is 2.92. The standard InChI is InChI=1S/C13H19Cl2NO3S/c1-4-16(9-13(2,3)17)20(18,19)8-10-5-6-11(14)12(15)7-10/h5-7,17H,4,8-9H2,1-3H3. The van der Waals surface area contributed by atoms with Crippen LogP contribution >= 0.6 is 23.2 Å². The van der Waals surface area contributed by atoms with Gasteiger partial charge in [0.15, 0.2) is 0 Å². The molecule has 1 aromatic carbocycles.